The van der Waals surface area contributed by atoms with Crippen LogP contribution in [0.2, 0.25) is 0 Å². The molecule has 3 heterocycles. The number of anilines is 2. The SMILES string of the molecule is c1nc2ccc(-c3ccc4c(c3)Nc3cc(-c5ccc6ncsc6c5)ccc3O4)cc2s1. The van der Waals surface area contributed by atoms with Crippen molar-refractivity contribution in [2.75, 3.05) is 5.32 Å². The lowest BCUT2D eigenvalue weighted by Crippen LogP contribution is -2.03. The van der Waals surface area contributed by atoms with Gasteiger partial charge in [0.1, 0.15) is 0 Å². The van der Waals surface area contributed by atoms with Crippen LogP contribution in [0.15, 0.2) is 83.8 Å². The van der Waals surface area contributed by atoms with Gasteiger partial charge in [-0.25, -0.2) is 9.97 Å². The topological polar surface area (TPSA) is 47.0 Å². The van der Waals surface area contributed by atoms with Crippen LogP contribution < -0.4 is 10.1 Å². The second-order valence-corrected chi connectivity index (χ2v) is 9.49. The molecule has 0 bridgehead atoms. The van der Waals surface area contributed by atoms with E-state index in [9.17, 15) is 0 Å². The molecule has 152 valence electrons. The zero-order chi connectivity index (χ0) is 21.1. The van der Waals surface area contributed by atoms with Crippen molar-refractivity contribution in [2.24, 2.45) is 0 Å². The van der Waals surface area contributed by atoms with E-state index in [1.54, 1.807) is 22.7 Å². The van der Waals surface area contributed by atoms with E-state index in [0.717, 1.165) is 45.0 Å². The fourth-order valence-corrected chi connectivity index (χ4v) is 5.56. The first kappa shape index (κ1) is 17.9. The normalized spacial score (nSPS) is 12.2. The molecule has 4 aromatic carbocycles. The smallest absolute Gasteiger partial charge is 0.151 e. The molecule has 0 radical (unpaired) electrons. The summed E-state index contributed by atoms with van der Waals surface area (Å²) in [6.45, 7) is 0. The van der Waals surface area contributed by atoms with Gasteiger partial charge in [0.15, 0.2) is 11.5 Å². The fraction of sp³-hybridized carbons (Fsp3) is 0. The lowest BCUT2D eigenvalue weighted by Gasteiger charge is -2.23. The molecule has 6 heteroatoms. The van der Waals surface area contributed by atoms with Gasteiger partial charge < -0.3 is 10.1 Å². The van der Waals surface area contributed by atoms with Crippen molar-refractivity contribution in [2.45, 2.75) is 0 Å². The standard InChI is InChI=1S/C26H15N3OS2/c1-5-19-25(31-13-27-19)11-17(1)15-3-7-23-21(9-15)29-22-10-16(4-8-24(22)30-23)18-2-6-20-26(12-18)32-14-28-20/h1-14,29H. The van der Waals surface area contributed by atoms with E-state index in [4.69, 9.17) is 4.74 Å². The third-order valence-corrected chi connectivity index (χ3v) is 7.36. The second kappa shape index (κ2) is 6.88. The average Bonchev–Trinajstić information content (AvgIpc) is 3.50. The van der Waals surface area contributed by atoms with Crippen LogP contribution in [0.4, 0.5) is 11.4 Å². The number of rotatable bonds is 2. The summed E-state index contributed by atoms with van der Waals surface area (Å²) in [6, 6.07) is 25.3. The molecule has 1 aliphatic rings. The third kappa shape index (κ3) is 2.88. The molecule has 0 saturated carbocycles. The van der Waals surface area contributed by atoms with Crippen LogP contribution >= 0.6 is 22.7 Å². The molecule has 1 aliphatic heterocycles. The predicted molar refractivity (Wildman–Crippen MR) is 133 cm³/mol. The molecule has 4 nitrogen and oxygen atoms in total. The second-order valence-electron chi connectivity index (χ2n) is 7.72. The quantitative estimate of drug-likeness (QED) is 0.290. The molecule has 0 saturated heterocycles. The van der Waals surface area contributed by atoms with Gasteiger partial charge in [-0.05, 0) is 70.8 Å². The van der Waals surface area contributed by atoms with E-state index in [-0.39, 0.29) is 0 Å². The summed E-state index contributed by atoms with van der Waals surface area (Å²) in [7, 11) is 0. The van der Waals surface area contributed by atoms with Crippen molar-refractivity contribution in [3.8, 4) is 33.8 Å². The highest BCUT2D eigenvalue weighted by atomic mass is 32.1. The first-order valence-corrected chi connectivity index (χ1v) is 12.0. The summed E-state index contributed by atoms with van der Waals surface area (Å²) >= 11 is 3.32. The van der Waals surface area contributed by atoms with Gasteiger partial charge in [0.25, 0.3) is 0 Å². The Labute approximate surface area is 191 Å². The van der Waals surface area contributed by atoms with Crippen molar-refractivity contribution in [1.82, 2.24) is 9.97 Å². The van der Waals surface area contributed by atoms with Crippen LogP contribution in [0.5, 0.6) is 11.5 Å². The van der Waals surface area contributed by atoms with Gasteiger partial charge in [-0.1, -0.05) is 24.3 Å². The minimum atomic E-state index is 0.832. The maximum absolute atomic E-state index is 6.20. The maximum Gasteiger partial charge on any atom is 0.151 e. The van der Waals surface area contributed by atoms with Gasteiger partial charge in [-0.2, -0.15) is 0 Å². The number of fused-ring (bicyclic) bond motifs is 4. The van der Waals surface area contributed by atoms with Crippen molar-refractivity contribution in [3.63, 3.8) is 0 Å². The van der Waals surface area contributed by atoms with E-state index in [1.807, 2.05) is 23.2 Å². The molecule has 1 N–H and O–H groups in total. The van der Waals surface area contributed by atoms with Gasteiger partial charge >= 0.3 is 0 Å². The molecule has 0 unspecified atom stereocenters. The summed E-state index contributed by atoms with van der Waals surface area (Å²) in [4.78, 5) is 8.76. The molecule has 7 rings (SSSR count). The molecule has 6 aromatic rings. The Morgan fingerprint density at radius 2 is 1.03 bits per heavy atom. The lowest BCUT2D eigenvalue weighted by molar-refractivity contribution is 0.481. The minimum absolute atomic E-state index is 0.832. The Morgan fingerprint density at radius 3 is 1.56 bits per heavy atom. The molecule has 0 aliphatic carbocycles. The van der Waals surface area contributed by atoms with Crippen LogP contribution in [0.3, 0.4) is 0 Å². The molecule has 0 amide bonds. The van der Waals surface area contributed by atoms with Gasteiger partial charge in [-0.3, -0.25) is 0 Å². The van der Waals surface area contributed by atoms with E-state index in [0.29, 0.717) is 0 Å². The Morgan fingerprint density at radius 1 is 0.562 bits per heavy atom. The fourth-order valence-electron chi connectivity index (χ4n) is 4.13. The van der Waals surface area contributed by atoms with Crippen molar-refractivity contribution < 1.29 is 4.74 Å². The first-order valence-electron chi connectivity index (χ1n) is 10.2. The van der Waals surface area contributed by atoms with Gasteiger partial charge in [0.05, 0.1) is 42.8 Å². The Balaban J connectivity index is 1.25. The maximum atomic E-state index is 6.20. The van der Waals surface area contributed by atoms with Crippen molar-refractivity contribution in [3.05, 3.63) is 83.8 Å². The number of hydrogen-bond donors (Lipinski definition) is 1. The number of nitrogens with one attached hydrogen (secondary N) is 1. The summed E-state index contributed by atoms with van der Waals surface area (Å²) in [5.41, 5.74) is 12.4. The zero-order valence-electron chi connectivity index (χ0n) is 16.7. The Kier molecular flexibility index (Phi) is 3.85. The average molecular weight is 450 g/mol. The van der Waals surface area contributed by atoms with Crippen molar-refractivity contribution >= 4 is 54.5 Å². The Bertz CT molecular complexity index is 1530. The van der Waals surface area contributed by atoms with E-state index in [1.165, 1.54) is 20.5 Å². The number of hydrogen-bond acceptors (Lipinski definition) is 6. The molecule has 2 aromatic heterocycles. The van der Waals surface area contributed by atoms with Crippen LogP contribution in [0, 0.1) is 0 Å². The highest BCUT2D eigenvalue weighted by molar-refractivity contribution is 7.17. The third-order valence-electron chi connectivity index (χ3n) is 5.78. The molecule has 0 spiro atoms. The highest BCUT2D eigenvalue weighted by Crippen LogP contribution is 2.45. The Hall–Kier alpha value is -3.74. The van der Waals surface area contributed by atoms with E-state index < -0.39 is 0 Å². The monoisotopic (exact) mass is 449 g/mol. The summed E-state index contributed by atoms with van der Waals surface area (Å²) in [5, 5.41) is 3.58. The molecule has 0 fully saturated rings. The van der Waals surface area contributed by atoms with Crippen LogP contribution in [-0.2, 0) is 0 Å². The van der Waals surface area contributed by atoms with E-state index in [2.05, 4.69) is 75.9 Å². The van der Waals surface area contributed by atoms with Crippen LogP contribution in [0.1, 0.15) is 0 Å². The summed E-state index contributed by atoms with van der Waals surface area (Å²) in [6.07, 6.45) is 0. The zero-order valence-corrected chi connectivity index (χ0v) is 18.3. The van der Waals surface area contributed by atoms with Crippen LogP contribution in [-0.4, -0.2) is 9.97 Å². The van der Waals surface area contributed by atoms with Crippen LogP contribution in [0.25, 0.3) is 42.7 Å². The van der Waals surface area contributed by atoms with Gasteiger partial charge in [-0.15, -0.1) is 22.7 Å². The number of aromatic nitrogens is 2. The number of benzene rings is 4. The van der Waals surface area contributed by atoms with Gasteiger partial charge in [0.2, 0.25) is 0 Å². The lowest BCUT2D eigenvalue weighted by atomic mass is 10.0. The van der Waals surface area contributed by atoms with Gasteiger partial charge in [0, 0.05) is 0 Å². The highest BCUT2D eigenvalue weighted by Gasteiger charge is 2.18. The largest absolute Gasteiger partial charge is 0.453 e. The summed E-state index contributed by atoms with van der Waals surface area (Å²) < 4.78 is 8.58. The number of ether oxygens (including phenoxy) is 1. The number of nitrogens with zero attached hydrogens (tertiary/aromatic N) is 2. The summed E-state index contributed by atoms with van der Waals surface area (Å²) in [5.74, 6) is 1.66. The molecular formula is C26H15N3OS2. The first-order chi connectivity index (χ1) is 15.8. The van der Waals surface area contributed by atoms with Crippen molar-refractivity contribution in [1.29, 1.82) is 0 Å². The van der Waals surface area contributed by atoms with E-state index >= 15 is 0 Å². The molecule has 32 heavy (non-hydrogen) atoms. The molecular weight excluding hydrogens is 434 g/mol. The predicted octanol–water partition coefficient (Wildman–Crippen LogP) is 8.09. The minimum Gasteiger partial charge on any atom is -0.453 e. The number of thiazole rings is 2. The molecule has 0 atom stereocenters.